The molecule has 0 saturated heterocycles. The SMILES string of the molecule is CCCCNC(=O)c1ccc(=O)n(-c2ccccc2)c1. The van der Waals surface area contributed by atoms with Crippen LogP contribution in [0.15, 0.2) is 53.5 Å². The Morgan fingerprint density at radius 3 is 2.60 bits per heavy atom. The van der Waals surface area contributed by atoms with E-state index in [2.05, 4.69) is 12.2 Å². The largest absolute Gasteiger partial charge is 0.352 e. The first-order valence-electron chi connectivity index (χ1n) is 6.78. The molecule has 0 fully saturated rings. The third-order valence-electron chi connectivity index (χ3n) is 3.02. The Bertz CT molecular complexity index is 632. The molecule has 1 amide bonds. The first-order chi connectivity index (χ1) is 9.72. The monoisotopic (exact) mass is 270 g/mol. The van der Waals surface area contributed by atoms with Crippen molar-refractivity contribution in [2.24, 2.45) is 0 Å². The number of nitrogens with zero attached hydrogens (tertiary/aromatic N) is 1. The fraction of sp³-hybridized carbons (Fsp3) is 0.250. The third-order valence-corrected chi connectivity index (χ3v) is 3.02. The minimum atomic E-state index is -0.152. The first-order valence-corrected chi connectivity index (χ1v) is 6.78. The minimum absolute atomic E-state index is 0.150. The van der Waals surface area contributed by atoms with Gasteiger partial charge >= 0.3 is 0 Å². The van der Waals surface area contributed by atoms with Crippen molar-refractivity contribution in [3.63, 3.8) is 0 Å². The molecule has 1 aromatic heterocycles. The zero-order chi connectivity index (χ0) is 14.4. The lowest BCUT2D eigenvalue weighted by Gasteiger charge is -2.08. The molecule has 0 bridgehead atoms. The number of pyridine rings is 1. The predicted molar refractivity (Wildman–Crippen MR) is 79.3 cm³/mol. The molecule has 0 spiro atoms. The fourth-order valence-corrected chi connectivity index (χ4v) is 1.89. The molecule has 0 aliphatic rings. The van der Waals surface area contributed by atoms with E-state index in [9.17, 15) is 9.59 Å². The second-order valence-electron chi connectivity index (χ2n) is 4.57. The van der Waals surface area contributed by atoms with E-state index in [1.165, 1.54) is 10.6 Å². The molecule has 2 rings (SSSR count). The standard InChI is InChI=1S/C16H18N2O2/c1-2-3-11-17-16(20)13-9-10-15(19)18(12-13)14-7-5-4-6-8-14/h4-10,12H,2-3,11H2,1H3,(H,17,20). The van der Waals surface area contributed by atoms with E-state index in [4.69, 9.17) is 0 Å². The lowest BCUT2D eigenvalue weighted by molar-refractivity contribution is 0.0952. The summed E-state index contributed by atoms with van der Waals surface area (Å²) in [6, 6.07) is 12.2. The zero-order valence-electron chi connectivity index (χ0n) is 11.5. The molecule has 1 heterocycles. The Balaban J connectivity index is 2.25. The highest BCUT2D eigenvalue weighted by molar-refractivity contribution is 5.93. The van der Waals surface area contributed by atoms with E-state index in [0.717, 1.165) is 18.5 Å². The van der Waals surface area contributed by atoms with Crippen molar-refractivity contribution in [3.8, 4) is 5.69 Å². The van der Waals surface area contributed by atoms with Crippen molar-refractivity contribution in [3.05, 3.63) is 64.6 Å². The molecule has 0 unspecified atom stereocenters. The number of hydrogen-bond donors (Lipinski definition) is 1. The van der Waals surface area contributed by atoms with Crippen LogP contribution in [-0.2, 0) is 0 Å². The van der Waals surface area contributed by atoms with E-state index >= 15 is 0 Å². The fourth-order valence-electron chi connectivity index (χ4n) is 1.89. The molecule has 4 nitrogen and oxygen atoms in total. The van der Waals surface area contributed by atoms with Crippen LogP contribution in [0.2, 0.25) is 0 Å². The summed E-state index contributed by atoms with van der Waals surface area (Å²) in [5.74, 6) is -0.150. The van der Waals surface area contributed by atoms with Gasteiger partial charge in [0.1, 0.15) is 0 Å². The molecule has 0 atom stereocenters. The Morgan fingerprint density at radius 1 is 1.15 bits per heavy atom. The number of carbonyl (C=O) groups is 1. The number of hydrogen-bond acceptors (Lipinski definition) is 2. The van der Waals surface area contributed by atoms with Gasteiger partial charge in [-0.2, -0.15) is 0 Å². The normalized spacial score (nSPS) is 10.2. The topological polar surface area (TPSA) is 51.1 Å². The molecule has 0 aliphatic carbocycles. The molecule has 0 radical (unpaired) electrons. The summed E-state index contributed by atoms with van der Waals surface area (Å²) in [6.45, 7) is 2.72. The molecule has 104 valence electrons. The molecule has 2 aromatic rings. The number of rotatable bonds is 5. The highest BCUT2D eigenvalue weighted by Gasteiger charge is 2.07. The van der Waals surface area contributed by atoms with E-state index in [1.807, 2.05) is 30.3 Å². The van der Waals surface area contributed by atoms with Gasteiger partial charge in [0, 0.05) is 24.5 Å². The lowest BCUT2D eigenvalue weighted by Crippen LogP contribution is -2.26. The molecular weight excluding hydrogens is 252 g/mol. The van der Waals surface area contributed by atoms with E-state index in [1.54, 1.807) is 12.3 Å². The highest BCUT2D eigenvalue weighted by Crippen LogP contribution is 2.05. The van der Waals surface area contributed by atoms with Gasteiger partial charge in [-0.3, -0.25) is 14.2 Å². The third kappa shape index (κ3) is 3.35. The number of amides is 1. The van der Waals surface area contributed by atoms with Gasteiger partial charge in [0.2, 0.25) is 0 Å². The van der Waals surface area contributed by atoms with Gasteiger partial charge in [0.15, 0.2) is 0 Å². The van der Waals surface area contributed by atoms with Crippen LogP contribution >= 0.6 is 0 Å². The molecule has 20 heavy (non-hydrogen) atoms. The van der Waals surface area contributed by atoms with Crippen LogP contribution in [-0.4, -0.2) is 17.0 Å². The van der Waals surface area contributed by atoms with E-state index < -0.39 is 0 Å². The second-order valence-corrected chi connectivity index (χ2v) is 4.57. The number of carbonyl (C=O) groups excluding carboxylic acids is 1. The van der Waals surface area contributed by atoms with Gasteiger partial charge in [-0.15, -0.1) is 0 Å². The summed E-state index contributed by atoms with van der Waals surface area (Å²) >= 11 is 0. The van der Waals surface area contributed by atoms with Crippen molar-refractivity contribution < 1.29 is 4.79 Å². The Hall–Kier alpha value is -2.36. The van der Waals surface area contributed by atoms with Crippen LogP contribution < -0.4 is 10.9 Å². The predicted octanol–water partition coefficient (Wildman–Crippen LogP) is 2.37. The maximum atomic E-state index is 12.0. The molecule has 1 N–H and O–H groups in total. The van der Waals surface area contributed by atoms with Crippen LogP contribution in [0.1, 0.15) is 30.1 Å². The van der Waals surface area contributed by atoms with Crippen molar-refractivity contribution in [2.75, 3.05) is 6.54 Å². The average molecular weight is 270 g/mol. The summed E-state index contributed by atoms with van der Waals surface area (Å²) in [6.07, 6.45) is 3.56. The second kappa shape index (κ2) is 6.70. The highest BCUT2D eigenvalue weighted by atomic mass is 16.2. The number of aromatic nitrogens is 1. The van der Waals surface area contributed by atoms with Gasteiger partial charge in [-0.25, -0.2) is 0 Å². The Morgan fingerprint density at radius 2 is 1.90 bits per heavy atom. The maximum absolute atomic E-state index is 12.0. The summed E-state index contributed by atoms with van der Waals surface area (Å²) in [5.41, 5.74) is 1.09. The smallest absolute Gasteiger partial charge is 0.255 e. The number of para-hydroxylation sites is 1. The zero-order valence-corrected chi connectivity index (χ0v) is 11.5. The maximum Gasteiger partial charge on any atom is 0.255 e. The number of unbranched alkanes of at least 4 members (excludes halogenated alkanes) is 1. The van der Waals surface area contributed by atoms with Crippen molar-refractivity contribution in [1.29, 1.82) is 0 Å². The summed E-state index contributed by atoms with van der Waals surface area (Å²) < 4.78 is 1.48. The van der Waals surface area contributed by atoms with Crippen LogP contribution in [0.3, 0.4) is 0 Å². The van der Waals surface area contributed by atoms with Crippen LogP contribution in [0, 0.1) is 0 Å². The summed E-state index contributed by atoms with van der Waals surface area (Å²) in [7, 11) is 0. The Kier molecular flexibility index (Phi) is 4.71. The minimum Gasteiger partial charge on any atom is -0.352 e. The first kappa shape index (κ1) is 14.1. The van der Waals surface area contributed by atoms with E-state index in [0.29, 0.717) is 12.1 Å². The van der Waals surface area contributed by atoms with E-state index in [-0.39, 0.29) is 11.5 Å². The quantitative estimate of drug-likeness (QED) is 0.848. The van der Waals surface area contributed by atoms with Crippen molar-refractivity contribution in [1.82, 2.24) is 9.88 Å². The number of benzene rings is 1. The van der Waals surface area contributed by atoms with Gasteiger partial charge in [0.05, 0.1) is 5.56 Å². The molecule has 4 heteroatoms. The molecule has 0 aliphatic heterocycles. The molecule has 1 aromatic carbocycles. The van der Waals surface area contributed by atoms with Crippen LogP contribution in [0.25, 0.3) is 5.69 Å². The van der Waals surface area contributed by atoms with Gasteiger partial charge < -0.3 is 5.32 Å². The summed E-state index contributed by atoms with van der Waals surface area (Å²) in [4.78, 5) is 23.9. The van der Waals surface area contributed by atoms with Gasteiger partial charge in [-0.05, 0) is 24.6 Å². The van der Waals surface area contributed by atoms with Crippen molar-refractivity contribution in [2.45, 2.75) is 19.8 Å². The van der Waals surface area contributed by atoms with Gasteiger partial charge in [-0.1, -0.05) is 31.5 Å². The average Bonchev–Trinajstić information content (AvgIpc) is 2.49. The van der Waals surface area contributed by atoms with Crippen molar-refractivity contribution >= 4 is 5.91 Å². The Labute approximate surface area is 118 Å². The van der Waals surface area contributed by atoms with Crippen LogP contribution in [0.4, 0.5) is 0 Å². The number of nitrogens with one attached hydrogen (secondary N) is 1. The molecule has 0 saturated carbocycles. The van der Waals surface area contributed by atoms with Gasteiger partial charge in [0.25, 0.3) is 11.5 Å². The lowest BCUT2D eigenvalue weighted by atomic mass is 10.2. The summed E-state index contributed by atoms with van der Waals surface area (Å²) in [5, 5.41) is 2.84. The van der Waals surface area contributed by atoms with Crippen LogP contribution in [0.5, 0.6) is 0 Å². The molecular formula is C16H18N2O2.